The van der Waals surface area contributed by atoms with E-state index in [1.807, 2.05) is 0 Å². The molecule has 0 bridgehead atoms. The van der Waals surface area contributed by atoms with E-state index in [1.165, 1.54) is 5.57 Å². The van der Waals surface area contributed by atoms with Crippen LogP contribution in [0.25, 0.3) is 0 Å². The third-order valence-corrected chi connectivity index (χ3v) is 5.46. The van der Waals surface area contributed by atoms with Crippen LogP contribution in [0.15, 0.2) is 12.2 Å². The van der Waals surface area contributed by atoms with Gasteiger partial charge >= 0.3 is 0 Å². The summed E-state index contributed by atoms with van der Waals surface area (Å²) >= 11 is 0. The molecule has 2 aliphatic carbocycles. The van der Waals surface area contributed by atoms with E-state index >= 15 is 0 Å². The molecule has 0 aromatic carbocycles. The lowest BCUT2D eigenvalue weighted by molar-refractivity contribution is -0.124. The van der Waals surface area contributed by atoms with Crippen molar-refractivity contribution in [1.82, 2.24) is 0 Å². The van der Waals surface area contributed by atoms with Crippen LogP contribution in [-0.2, 0) is 9.53 Å². The van der Waals surface area contributed by atoms with E-state index in [4.69, 9.17) is 4.74 Å². The maximum atomic E-state index is 12.4. The summed E-state index contributed by atoms with van der Waals surface area (Å²) in [6, 6.07) is 0. The van der Waals surface area contributed by atoms with E-state index < -0.39 is 0 Å². The topological polar surface area (TPSA) is 29.6 Å². The zero-order valence-corrected chi connectivity index (χ0v) is 10.9. The maximum Gasteiger partial charge on any atom is 0.167 e. The highest BCUT2D eigenvalue weighted by molar-refractivity contribution is 5.92. The lowest BCUT2D eigenvalue weighted by atomic mass is 9.76. The number of ether oxygens (including phenoxy) is 1. The summed E-state index contributed by atoms with van der Waals surface area (Å²) in [7, 11) is 0. The Morgan fingerprint density at radius 2 is 2.12 bits per heavy atom. The monoisotopic (exact) mass is 234 g/mol. The average molecular weight is 234 g/mol. The molecule has 94 valence electrons. The van der Waals surface area contributed by atoms with Gasteiger partial charge in [0.2, 0.25) is 0 Å². The van der Waals surface area contributed by atoms with Crippen molar-refractivity contribution in [1.29, 1.82) is 0 Å². The summed E-state index contributed by atoms with van der Waals surface area (Å²) in [4.78, 5) is 12.4. The Hall–Kier alpha value is -0.630. The van der Waals surface area contributed by atoms with Crippen LogP contribution in [0.1, 0.15) is 52.4 Å². The minimum atomic E-state index is -0.355. The molecule has 4 unspecified atom stereocenters. The summed E-state index contributed by atoms with van der Waals surface area (Å²) in [5, 5.41) is 0. The maximum absolute atomic E-state index is 12.4. The lowest BCUT2D eigenvalue weighted by Crippen LogP contribution is -2.34. The minimum Gasteiger partial charge on any atom is -0.354 e. The van der Waals surface area contributed by atoms with Crippen molar-refractivity contribution in [3.8, 4) is 0 Å². The highest BCUT2D eigenvalue weighted by atomic mass is 16.6. The van der Waals surface area contributed by atoms with E-state index in [2.05, 4.69) is 20.4 Å². The first-order chi connectivity index (χ1) is 8.02. The van der Waals surface area contributed by atoms with Crippen LogP contribution >= 0.6 is 0 Å². The third kappa shape index (κ3) is 1.33. The molecule has 0 radical (unpaired) electrons. The first-order valence-electron chi connectivity index (χ1n) is 6.91. The Morgan fingerprint density at radius 1 is 1.35 bits per heavy atom. The number of hydrogen-bond donors (Lipinski definition) is 0. The largest absolute Gasteiger partial charge is 0.354 e. The van der Waals surface area contributed by atoms with Gasteiger partial charge in [0.15, 0.2) is 11.4 Å². The molecule has 1 saturated heterocycles. The molecular formula is C15H22O2. The van der Waals surface area contributed by atoms with Gasteiger partial charge in [-0.2, -0.15) is 0 Å². The SMILES string of the molecule is C=C(C)C1CCC(=O)C23CCC(C)C2(CC1)O3. The molecule has 0 aromatic rings. The van der Waals surface area contributed by atoms with Crippen molar-refractivity contribution in [2.75, 3.05) is 0 Å². The van der Waals surface area contributed by atoms with Gasteiger partial charge in [-0.05, 0) is 50.9 Å². The van der Waals surface area contributed by atoms with E-state index in [0.29, 0.717) is 24.0 Å². The summed E-state index contributed by atoms with van der Waals surface area (Å²) in [5.74, 6) is 1.44. The number of rotatable bonds is 1. The van der Waals surface area contributed by atoms with Crippen molar-refractivity contribution in [2.24, 2.45) is 11.8 Å². The first-order valence-corrected chi connectivity index (χ1v) is 6.91. The normalized spacial score (nSPS) is 48.9. The van der Waals surface area contributed by atoms with Crippen LogP contribution in [0.2, 0.25) is 0 Å². The fraction of sp³-hybridized carbons (Fsp3) is 0.800. The summed E-state index contributed by atoms with van der Waals surface area (Å²) in [6.45, 7) is 8.40. The van der Waals surface area contributed by atoms with Gasteiger partial charge in [-0.3, -0.25) is 4.79 Å². The van der Waals surface area contributed by atoms with Crippen LogP contribution in [-0.4, -0.2) is 17.0 Å². The molecule has 2 saturated carbocycles. The molecule has 0 N–H and O–H groups in total. The molecular weight excluding hydrogens is 212 g/mol. The van der Waals surface area contributed by atoms with Crippen molar-refractivity contribution < 1.29 is 9.53 Å². The second kappa shape index (κ2) is 3.44. The van der Waals surface area contributed by atoms with Gasteiger partial charge in [0.1, 0.15) is 5.60 Å². The molecule has 17 heavy (non-hydrogen) atoms. The molecule has 4 atom stereocenters. The number of carbonyl (C=O) groups is 1. The van der Waals surface area contributed by atoms with Gasteiger partial charge in [0, 0.05) is 6.42 Å². The number of hydrogen-bond acceptors (Lipinski definition) is 2. The Morgan fingerprint density at radius 3 is 2.82 bits per heavy atom. The third-order valence-electron chi connectivity index (χ3n) is 5.46. The first kappa shape index (κ1) is 11.5. The minimum absolute atomic E-state index is 0.0851. The quantitative estimate of drug-likeness (QED) is 0.515. The molecule has 2 nitrogen and oxygen atoms in total. The second-order valence-corrected chi connectivity index (χ2v) is 6.30. The predicted octanol–water partition coefficient (Wildman–Crippen LogP) is 3.26. The predicted molar refractivity (Wildman–Crippen MR) is 66.7 cm³/mol. The van der Waals surface area contributed by atoms with Gasteiger partial charge in [-0.1, -0.05) is 19.1 Å². The second-order valence-electron chi connectivity index (χ2n) is 6.30. The Labute approximate surface area is 103 Å². The summed E-state index contributed by atoms with van der Waals surface area (Å²) < 4.78 is 6.02. The number of ketones is 1. The Bertz CT molecular complexity index is 386. The zero-order valence-electron chi connectivity index (χ0n) is 10.9. The van der Waals surface area contributed by atoms with E-state index in [1.54, 1.807) is 0 Å². The fourth-order valence-corrected chi connectivity index (χ4v) is 4.16. The van der Waals surface area contributed by atoms with Crippen molar-refractivity contribution in [3.05, 3.63) is 12.2 Å². The van der Waals surface area contributed by atoms with E-state index in [9.17, 15) is 4.79 Å². The van der Waals surface area contributed by atoms with Gasteiger partial charge in [0.05, 0.1) is 0 Å². The molecule has 3 fully saturated rings. The van der Waals surface area contributed by atoms with Gasteiger partial charge in [0.25, 0.3) is 0 Å². The summed E-state index contributed by atoms with van der Waals surface area (Å²) in [6.07, 6.45) is 5.98. The molecule has 0 aromatic heterocycles. The van der Waals surface area contributed by atoms with E-state index in [0.717, 1.165) is 32.1 Å². The standard InChI is InChI=1S/C15H22O2/c1-10(2)12-4-5-13(16)15-8-6-11(3)14(15,17-15)9-7-12/h11-12H,1,4-9H2,2-3H3. The molecule has 0 spiro atoms. The van der Waals surface area contributed by atoms with Crippen molar-refractivity contribution in [3.63, 3.8) is 0 Å². The lowest BCUT2D eigenvalue weighted by Gasteiger charge is -2.24. The number of carbonyl (C=O) groups excluding carboxylic acids is 1. The number of epoxide rings is 1. The highest BCUT2D eigenvalue weighted by Gasteiger charge is 2.78. The molecule has 3 aliphatic rings. The van der Waals surface area contributed by atoms with Crippen LogP contribution in [0.4, 0.5) is 0 Å². The fourth-order valence-electron chi connectivity index (χ4n) is 4.16. The smallest absolute Gasteiger partial charge is 0.167 e. The summed E-state index contributed by atoms with van der Waals surface area (Å²) in [5.41, 5.74) is 0.790. The zero-order chi connectivity index (χ0) is 12.3. The molecule has 1 heterocycles. The number of allylic oxidation sites excluding steroid dienone is 1. The van der Waals surface area contributed by atoms with Gasteiger partial charge in [-0.15, -0.1) is 0 Å². The number of Topliss-reactive ketones (excluding diaryl/α,β-unsaturated/α-hetero) is 1. The van der Waals surface area contributed by atoms with Gasteiger partial charge < -0.3 is 4.74 Å². The highest BCUT2D eigenvalue weighted by Crippen LogP contribution is 2.66. The molecule has 3 rings (SSSR count). The molecule has 2 heteroatoms. The Balaban J connectivity index is 1.86. The molecule has 1 aliphatic heterocycles. The van der Waals surface area contributed by atoms with E-state index in [-0.39, 0.29) is 11.2 Å². The van der Waals surface area contributed by atoms with Crippen LogP contribution in [0, 0.1) is 11.8 Å². The van der Waals surface area contributed by atoms with Crippen molar-refractivity contribution in [2.45, 2.75) is 63.6 Å². The van der Waals surface area contributed by atoms with Gasteiger partial charge in [-0.25, -0.2) is 0 Å². The van der Waals surface area contributed by atoms with Crippen molar-refractivity contribution >= 4 is 5.78 Å². The van der Waals surface area contributed by atoms with Crippen LogP contribution in [0.3, 0.4) is 0 Å². The Kier molecular flexibility index (Phi) is 2.32. The van der Waals surface area contributed by atoms with Crippen LogP contribution in [0.5, 0.6) is 0 Å². The molecule has 0 amide bonds. The van der Waals surface area contributed by atoms with Crippen LogP contribution < -0.4 is 0 Å². The average Bonchev–Trinajstić information content (AvgIpc) is 2.86.